The molecule has 2 nitrogen and oxygen atoms in total. The largest absolute Gasteiger partial charge is 0.481 e. The molecule has 2 atom stereocenters. The van der Waals surface area contributed by atoms with E-state index in [1.165, 1.54) is 5.54 Å². The summed E-state index contributed by atoms with van der Waals surface area (Å²) in [6.45, 7) is 4.04. The van der Waals surface area contributed by atoms with Crippen LogP contribution in [0.25, 0.3) is 0 Å². The Morgan fingerprint density at radius 3 is 2.30 bits per heavy atom. The number of aliphatic carboxylic acids is 1. The highest BCUT2D eigenvalue weighted by Gasteiger charge is 2.74. The second kappa shape index (κ2) is 7.12. The Labute approximate surface area is 158 Å². The highest BCUT2D eigenvalue weighted by atomic mass is 79.9. The standard InChI is InChI=1S/C18H19Br2ClO2/c1-17(2)14(10-15(19)20)18(17,16(22)23)11-13-7-5-12(6-8-13)4-3-9-21/h3,5-10,14H,4,11H2,1-2H3,(H,22,23)/b9-3-/t14?,18-/m0/s1. The lowest BCUT2D eigenvalue weighted by atomic mass is 9.88. The molecule has 0 heterocycles. The third-order valence-electron chi connectivity index (χ3n) is 5.00. The van der Waals surface area contributed by atoms with Gasteiger partial charge in [0.25, 0.3) is 0 Å². The molecule has 2 rings (SSSR count). The first kappa shape index (κ1) is 18.8. The molecule has 0 aliphatic heterocycles. The maximum absolute atomic E-state index is 12.0. The Bertz CT molecular complexity index is 645. The van der Waals surface area contributed by atoms with E-state index in [1.807, 2.05) is 50.3 Å². The zero-order chi connectivity index (χ0) is 17.3. The van der Waals surface area contributed by atoms with E-state index in [2.05, 4.69) is 31.9 Å². The lowest BCUT2D eigenvalue weighted by Crippen LogP contribution is -2.24. The molecule has 1 saturated carbocycles. The molecule has 0 radical (unpaired) electrons. The first-order chi connectivity index (χ1) is 10.8. The molecule has 1 aliphatic rings. The number of allylic oxidation sites excluding steroid dienone is 2. The Morgan fingerprint density at radius 2 is 1.83 bits per heavy atom. The van der Waals surface area contributed by atoms with Crippen LogP contribution in [0.4, 0.5) is 0 Å². The van der Waals surface area contributed by atoms with Gasteiger partial charge < -0.3 is 5.11 Å². The Balaban J connectivity index is 2.25. The monoisotopic (exact) mass is 460 g/mol. The molecular weight excluding hydrogens is 443 g/mol. The predicted octanol–water partition coefficient (Wildman–Crippen LogP) is 5.88. The van der Waals surface area contributed by atoms with Gasteiger partial charge in [-0.1, -0.05) is 61.9 Å². The van der Waals surface area contributed by atoms with Gasteiger partial charge in [-0.15, -0.1) is 0 Å². The van der Waals surface area contributed by atoms with Crippen molar-refractivity contribution < 1.29 is 9.90 Å². The molecule has 1 aromatic carbocycles. The van der Waals surface area contributed by atoms with Crippen molar-refractivity contribution in [1.82, 2.24) is 0 Å². The number of hydrogen-bond donors (Lipinski definition) is 1. The molecule has 1 aromatic rings. The fourth-order valence-electron chi connectivity index (χ4n) is 3.49. The summed E-state index contributed by atoms with van der Waals surface area (Å²) in [6.07, 6.45) is 5.14. The van der Waals surface area contributed by atoms with Crippen LogP contribution in [0.5, 0.6) is 0 Å². The van der Waals surface area contributed by atoms with Crippen LogP contribution >= 0.6 is 43.5 Å². The molecule has 124 valence electrons. The summed E-state index contributed by atoms with van der Waals surface area (Å²) in [6, 6.07) is 8.09. The summed E-state index contributed by atoms with van der Waals surface area (Å²) in [5.74, 6) is -0.751. The van der Waals surface area contributed by atoms with Crippen molar-refractivity contribution in [1.29, 1.82) is 0 Å². The number of benzene rings is 1. The van der Waals surface area contributed by atoms with Gasteiger partial charge in [0.2, 0.25) is 0 Å². The second-order valence-corrected chi connectivity index (χ2v) is 9.52. The highest BCUT2D eigenvalue weighted by Crippen LogP contribution is 2.71. The van der Waals surface area contributed by atoms with Gasteiger partial charge in [-0.2, -0.15) is 0 Å². The van der Waals surface area contributed by atoms with Gasteiger partial charge in [0, 0.05) is 11.5 Å². The van der Waals surface area contributed by atoms with Gasteiger partial charge in [0.15, 0.2) is 0 Å². The predicted molar refractivity (Wildman–Crippen MR) is 102 cm³/mol. The number of carboxylic acids is 1. The van der Waals surface area contributed by atoms with E-state index in [0.29, 0.717) is 6.42 Å². The third-order valence-corrected chi connectivity index (χ3v) is 5.70. The first-order valence-electron chi connectivity index (χ1n) is 7.35. The SMILES string of the molecule is CC1(C)C(C=C(Br)Br)[C@@]1(Cc1ccc(C/C=C\Cl)cc1)C(=O)O. The van der Waals surface area contributed by atoms with E-state index in [1.54, 1.807) is 0 Å². The fourth-order valence-corrected chi connectivity index (χ4v) is 4.11. The van der Waals surface area contributed by atoms with Crippen molar-refractivity contribution in [3.05, 3.63) is 56.5 Å². The van der Waals surface area contributed by atoms with E-state index >= 15 is 0 Å². The summed E-state index contributed by atoms with van der Waals surface area (Å²) in [7, 11) is 0. The van der Waals surface area contributed by atoms with Crippen molar-refractivity contribution in [2.24, 2.45) is 16.7 Å². The fraction of sp³-hybridized carbons (Fsp3) is 0.389. The Hall–Kier alpha value is -0.580. The zero-order valence-electron chi connectivity index (χ0n) is 13.0. The van der Waals surface area contributed by atoms with Gasteiger partial charge in [0.1, 0.15) is 0 Å². The van der Waals surface area contributed by atoms with Crippen molar-refractivity contribution >= 4 is 49.4 Å². The van der Waals surface area contributed by atoms with Crippen LogP contribution in [0.3, 0.4) is 0 Å². The second-order valence-electron chi connectivity index (χ2n) is 6.49. The lowest BCUT2D eigenvalue weighted by Gasteiger charge is -2.16. The average Bonchev–Trinajstić information content (AvgIpc) is 2.94. The number of rotatable bonds is 6. The lowest BCUT2D eigenvalue weighted by molar-refractivity contribution is -0.145. The van der Waals surface area contributed by atoms with Gasteiger partial charge >= 0.3 is 5.97 Å². The molecule has 1 fully saturated rings. The number of carbonyl (C=O) groups is 1. The van der Waals surface area contributed by atoms with Crippen molar-refractivity contribution in [2.75, 3.05) is 0 Å². The van der Waals surface area contributed by atoms with E-state index < -0.39 is 11.4 Å². The molecule has 1 N–H and O–H groups in total. The van der Waals surface area contributed by atoms with E-state index in [-0.39, 0.29) is 11.3 Å². The van der Waals surface area contributed by atoms with Crippen LogP contribution in [0.15, 0.2) is 45.3 Å². The Kier molecular flexibility index (Phi) is 5.81. The van der Waals surface area contributed by atoms with Crippen LogP contribution in [-0.2, 0) is 17.6 Å². The number of hydrogen-bond acceptors (Lipinski definition) is 1. The smallest absolute Gasteiger partial charge is 0.311 e. The summed E-state index contributed by atoms with van der Waals surface area (Å²) in [5.41, 5.74) is 2.66. The average molecular weight is 463 g/mol. The normalized spacial score (nSPS) is 25.3. The molecule has 0 bridgehead atoms. The maximum Gasteiger partial charge on any atom is 0.311 e. The summed E-state index contributed by atoms with van der Waals surface area (Å²) in [4.78, 5) is 12.0. The van der Waals surface area contributed by atoms with Crippen LogP contribution in [0, 0.1) is 16.7 Å². The molecule has 0 spiro atoms. The molecule has 1 unspecified atom stereocenters. The van der Waals surface area contributed by atoms with Gasteiger partial charge in [-0.25, -0.2) is 0 Å². The molecular formula is C18H19Br2ClO2. The zero-order valence-corrected chi connectivity index (χ0v) is 17.0. The van der Waals surface area contributed by atoms with E-state index in [0.717, 1.165) is 20.9 Å². The van der Waals surface area contributed by atoms with Crippen molar-refractivity contribution in [2.45, 2.75) is 26.7 Å². The Morgan fingerprint density at radius 1 is 1.26 bits per heavy atom. The minimum absolute atomic E-state index is 0.0138. The van der Waals surface area contributed by atoms with Gasteiger partial charge in [0.05, 0.1) is 8.81 Å². The van der Waals surface area contributed by atoms with Crippen LogP contribution in [0.1, 0.15) is 25.0 Å². The van der Waals surface area contributed by atoms with Crippen molar-refractivity contribution in [3.8, 4) is 0 Å². The number of carboxylic acid groups (broad SMARTS) is 1. The highest BCUT2D eigenvalue weighted by molar-refractivity contribution is 9.28. The van der Waals surface area contributed by atoms with E-state index in [9.17, 15) is 9.90 Å². The molecule has 5 heteroatoms. The maximum atomic E-state index is 12.0. The molecule has 1 aliphatic carbocycles. The topological polar surface area (TPSA) is 37.3 Å². The van der Waals surface area contributed by atoms with Gasteiger partial charge in [-0.05, 0) is 61.2 Å². The summed E-state index contributed by atoms with van der Waals surface area (Å²) < 4.78 is 0.800. The summed E-state index contributed by atoms with van der Waals surface area (Å²) in [5, 5.41) is 9.87. The molecule has 0 aromatic heterocycles. The molecule has 23 heavy (non-hydrogen) atoms. The van der Waals surface area contributed by atoms with E-state index in [4.69, 9.17) is 11.6 Å². The van der Waals surface area contributed by atoms with Gasteiger partial charge in [-0.3, -0.25) is 4.79 Å². The van der Waals surface area contributed by atoms with Crippen LogP contribution in [-0.4, -0.2) is 11.1 Å². The number of halogens is 3. The van der Waals surface area contributed by atoms with Crippen molar-refractivity contribution in [3.63, 3.8) is 0 Å². The molecule has 0 saturated heterocycles. The third kappa shape index (κ3) is 3.59. The van der Waals surface area contributed by atoms with Crippen LogP contribution in [0.2, 0.25) is 0 Å². The van der Waals surface area contributed by atoms with Crippen LogP contribution < -0.4 is 0 Å². The summed E-state index contributed by atoms with van der Waals surface area (Å²) >= 11 is 12.3. The first-order valence-corrected chi connectivity index (χ1v) is 9.37. The molecule has 0 amide bonds. The quantitative estimate of drug-likeness (QED) is 0.573. The minimum atomic E-state index is -0.767. The minimum Gasteiger partial charge on any atom is -0.481 e.